The maximum atomic E-state index is 12.8. The van der Waals surface area contributed by atoms with Gasteiger partial charge in [-0.25, -0.2) is 4.98 Å². The molecule has 3 fully saturated rings. The summed E-state index contributed by atoms with van der Waals surface area (Å²) in [5.74, 6) is 1.05. The van der Waals surface area contributed by atoms with Crippen LogP contribution in [0.1, 0.15) is 49.1 Å². The van der Waals surface area contributed by atoms with E-state index in [9.17, 15) is 9.59 Å². The molecule has 0 spiro atoms. The average molecular weight is 418 g/mol. The molecule has 3 heterocycles. The number of carbonyl (C=O) groups excluding carboxylic acids is 2. The minimum Gasteiger partial charge on any atom is -0.381 e. The van der Waals surface area contributed by atoms with Gasteiger partial charge in [-0.05, 0) is 38.5 Å². The van der Waals surface area contributed by atoms with Gasteiger partial charge in [0.2, 0.25) is 5.91 Å². The van der Waals surface area contributed by atoms with Gasteiger partial charge in [-0.1, -0.05) is 0 Å². The summed E-state index contributed by atoms with van der Waals surface area (Å²) in [5.41, 5.74) is 0. The molecule has 1 aliphatic carbocycles. The van der Waals surface area contributed by atoms with Crippen LogP contribution in [0.15, 0.2) is 12.4 Å². The minimum atomic E-state index is -0.0522. The fraction of sp³-hybridized carbons (Fsp3) is 0.773. The Hall–Kier alpha value is -1.93. The van der Waals surface area contributed by atoms with Gasteiger partial charge >= 0.3 is 0 Å². The highest BCUT2D eigenvalue weighted by Crippen LogP contribution is 2.33. The van der Waals surface area contributed by atoms with E-state index >= 15 is 0 Å². The Morgan fingerprint density at radius 3 is 2.57 bits per heavy atom. The smallest absolute Gasteiger partial charge is 0.289 e. The lowest BCUT2D eigenvalue weighted by Gasteiger charge is -2.44. The molecule has 2 aliphatic heterocycles. The van der Waals surface area contributed by atoms with E-state index in [1.54, 1.807) is 21.9 Å². The van der Waals surface area contributed by atoms with Gasteiger partial charge in [0, 0.05) is 83.9 Å². The third kappa shape index (κ3) is 4.86. The number of ether oxygens (including phenoxy) is 1. The first-order valence-electron chi connectivity index (χ1n) is 11.4. The number of imidazole rings is 1. The highest BCUT2D eigenvalue weighted by atomic mass is 16.5. The number of likely N-dealkylation sites (tertiary alicyclic amines) is 1. The number of aryl methyl sites for hydroxylation is 1. The summed E-state index contributed by atoms with van der Waals surface area (Å²) in [4.78, 5) is 36.0. The summed E-state index contributed by atoms with van der Waals surface area (Å²) in [6, 6.07) is 0.817. The molecular weight excluding hydrogens is 382 g/mol. The number of likely N-dealkylation sites (N-methyl/N-ethyl adjacent to an activating group) is 1. The largest absolute Gasteiger partial charge is 0.381 e. The van der Waals surface area contributed by atoms with Crippen LogP contribution in [0, 0.1) is 5.92 Å². The summed E-state index contributed by atoms with van der Waals surface area (Å²) in [5, 5.41) is 0. The van der Waals surface area contributed by atoms with E-state index in [1.807, 2.05) is 14.1 Å². The molecule has 0 radical (unpaired) electrons. The lowest BCUT2D eigenvalue weighted by atomic mass is 9.98. The molecule has 2 saturated heterocycles. The average Bonchev–Trinajstić information content (AvgIpc) is 3.54. The van der Waals surface area contributed by atoms with E-state index in [4.69, 9.17) is 4.74 Å². The van der Waals surface area contributed by atoms with Crippen LogP contribution in [0.3, 0.4) is 0 Å². The van der Waals surface area contributed by atoms with Crippen molar-refractivity contribution < 1.29 is 14.3 Å². The number of nitrogens with zero attached hydrogens (tertiary/aromatic N) is 5. The molecule has 30 heavy (non-hydrogen) atoms. The fourth-order valence-electron chi connectivity index (χ4n) is 4.80. The van der Waals surface area contributed by atoms with Crippen molar-refractivity contribution in [2.45, 2.75) is 50.6 Å². The second-order valence-corrected chi connectivity index (χ2v) is 9.02. The molecule has 166 valence electrons. The predicted molar refractivity (Wildman–Crippen MR) is 113 cm³/mol. The standard InChI is InChI=1S/C22H35N5O3/c1-24-11-9-23-20(24)22(29)25(2)12-13-27(18-7-14-30-15-8-18)19-4-3-10-26(16-19)21(28)17-5-6-17/h9,11,17-19H,3-8,10,12-16H2,1-2H3. The number of rotatable bonds is 7. The van der Waals surface area contributed by atoms with E-state index in [2.05, 4.69) is 14.8 Å². The second-order valence-electron chi connectivity index (χ2n) is 9.02. The topological polar surface area (TPSA) is 70.9 Å². The van der Waals surface area contributed by atoms with Crippen LogP contribution in [-0.2, 0) is 16.6 Å². The SMILES string of the molecule is CN(CCN(C1CCOCC1)C1CCCN(C(=O)C2CC2)C1)C(=O)c1nccn1C. The van der Waals surface area contributed by atoms with Crippen LogP contribution >= 0.6 is 0 Å². The molecule has 1 aromatic heterocycles. The Labute approximate surface area is 179 Å². The summed E-state index contributed by atoms with van der Waals surface area (Å²) < 4.78 is 7.36. The van der Waals surface area contributed by atoms with Crippen LogP contribution in [0.25, 0.3) is 0 Å². The first-order chi connectivity index (χ1) is 14.5. The van der Waals surface area contributed by atoms with Gasteiger partial charge in [-0.15, -0.1) is 0 Å². The predicted octanol–water partition coefficient (Wildman–Crippen LogP) is 1.37. The lowest BCUT2D eigenvalue weighted by molar-refractivity contribution is -0.135. The van der Waals surface area contributed by atoms with Crippen LogP contribution < -0.4 is 0 Å². The van der Waals surface area contributed by atoms with Crippen molar-refractivity contribution in [2.75, 3.05) is 46.4 Å². The quantitative estimate of drug-likeness (QED) is 0.670. The number of aromatic nitrogens is 2. The number of hydrogen-bond donors (Lipinski definition) is 0. The maximum Gasteiger partial charge on any atom is 0.289 e. The second kappa shape index (κ2) is 9.47. The normalized spacial score (nSPS) is 23.0. The van der Waals surface area contributed by atoms with Gasteiger partial charge in [0.15, 0.2) is 5.82 Å². The van der Waals surface area contributed by atoms with Crippen molar-refractivity contribution in [3.63, 3.8) is 0 Å². The molecule has 1 atom stereocenters. The molecule has 1 aromatic rings. The summed E-state index contributed by atoms with van der Waals surface area (Å²) in [7, 11) is 3.69. The van der Waals surface area contributed by atoms with E-state index in [1.165, 1.54) is 0 Å². The van der Waals surface area contributed by atoms with E-state index in [-0.39, 0.29) is 11.8 Å². The van der Waals surface area contributed by atoms with Crippen molar-refractivity contribution in [1.82, 2.24) is 24.3 Å². The molecular formula is C22H35N5O3. The first kappa shape index (κ1) is 21.3. The van der Waals surface area contributed by atoms with Crippen LogP contribution in [0.4, 0.5) is 0 Å². The molecule has 0 bridgehead atoms. The third-order valence-corrected chi connectivity index (χ3v) is 6.82. The molecule has 3 aliphatic rings. The number of amides is 2. The van der Waals surface area contributed by atoms with E-state index in [0.717, 1.165) is 71.4 Å². The zero-order valence-electron chi connectivity index (χ0n) is 18.3. The Morgan fingerprint density at radius 1 is 1.13 bits per heavy atom. The van der Waals surface area contributed by atoms with Gasteiger partial charge < -0.3 is 19.1 Å². The van der Waals surface area contributed by atoms with Crippen LogP contribution in [0.5, 0.6) is 0 Å². The zero-order valence-corrected chi connectivity index (χ0v) is 18.3. The van der Waals surface area contributed by atoms with E-state index in [0.29, 0.717) is 30.4 Å². The van der Waals surface area contributed by atoms with Gasteiger partial charge in [0.05, 0.1) is 0 Å². The first-order valence-corrected chi connectivity index (χ1v) is 11.4. The van der Waals surface area contributed by atoms with Gasteiger partial charge in [0.1, 0.15) is 0 Å². The van der Waals surface area contributed by atoms with Crippen molar-refractivity contribution in [1.29, 1.82) is 0 Å². The number of hydrogen-bond acceptors (Lipinski definition) is 5. The molecule has 0 aromatic carbocycles. The molecule has 0 N–H and O–H groups in total. The van der Waals surface area contributed by atoms with Crippen LogP contribution in [0.2, 0.25) is 0 Å². The Morgan fingerprint density at radius 2 is 1.90 bits per heavy atom. The minimum absolute atomic E-state index is 0.0522. The van der Waals surface area contributed by atoms with Crippen molar-refractivity contribution in [3.8, 4) is 0 Å². The highest BCUT2D eigenvalue weighted by Gasteiger charge is 2.38. The molecule has 8 heteroatoms. The van der Waals surface area contributed by atoms with Crippen molar-refractivity contribution >= 4 is 11.8 Å². The molecule has 2 amide bonds. The molecule has 1 saturated carbocycles. The highest BCUT2D eigenvalue weighted by molar-refractivity contribution is 5.90. The Balaban J connectivity index is 1.41. The van der Waals surface area contributed by atoms with Gasteiger partial charge in [-0.2, -0.15) is 0 Å². The lowest BCUT2D eigenvalue weighted by Crippen LogP contribution is -2.55. The fourth-order valence-corrected chi connectivity index (χ4v) is 4.80. The zero-order chi connectivity index (χ0) is 21.1. The maximum absolute atomic E-state index is 12.8. The van der Waals surface area contributed by atoms with Crippen molar-refractivity contribution in [3.05, 3.63) is 18.2 Å². The van der Waals surface area contributed by atoms with Crippen molar-refractivity contribution in [2.24, 2.45) is 13.0 Å². The summed E-state index contributed by atoms with van der Waals surface area (Å²) in [6.07, 6.45) is 9.78. The monoisotopic (exact) mass is 417 g/mol. The molecule has 8 nitrogen and oxygen atoms in total. The molecule has 1 unspecified atom stereocenters. The number of carbonyl (C=O) groups is 2. The Kier molecular flexibility index (Phi) is 6.73. The van der Waals surface area contributed by atoms with Gasteiger partial charge in [0.25, 0.3) is 5.91 Å². The summed E-state index contributed by atoms with van der Waals surface area (Å²) in [6.45, 7) is 4.76. The van der Waals surface area contributed by atoms with Gasteiger partial charge in [-0.3, -0.25) is 14.5 Å². The Bertz CT molecular complexity index is 741. The summed E-state index contributed by atoms with van der Waals surface area (Å²) >= 11 is 0. The number of piperidine rings is 1. The van der Waals surface area contributed by atoms with E-state index < -0.39 is 0 Å². The molecule has 4 rings (SSSR count). The third-order valence-electron chi connectivity index (χ3n) is 6.82. The van der Waals surface area contributed by atoms with Crippen LogP contribution in [-0.4, -0.2) is 94.6 Å².